The molecule has 1 saturated heterocycles. The Kier molecular flexibility index (Phi) is 6.68. The van der Waals surface area contributed by atoms with Gasteiger partial charge >= 0.3 is 0 Å². The van der Waals surface area contributed by atoms with Crippen molar-refractivity contribution in [1.29, 1.82) is 0 Å². The molecule has 4 rings (SSSR count). The van der Waals surface area contributed by atoms with Gasteiger partial charge in [0.25, 0.3) is 5.91 Å². The van der Waals surface area contributed by atoms with Crippen LogP contribution in [0.1, 0.15) is 61.9 Å². The molecular formula is C23H31FN2O2. The third-order valence-electron chi connectivity index (χ3n) is 5.15. The molecule has 1 atom stereocenters. The normalized spacial score (nSPS) is 19.0. The van der Waals surface area contributed by atoms with Crippen LogP contribution < -0.4 is 10.5 Å². The highest BCUT2D eigenvalue weighted by atomic mass is 19.1. The van der Waals surface area contributed by atoms with Crippen molar-refractivity contribution in [2.24, 2.45) is 5.73 Å². The minimum Gasteiger partial charge on any atom is -0.489 e. The first-order valence-electron chi connectivity index (χ1n) is 10.2. The van der Waals surface area contributed by atoms with Gasteiger partial charge < -0.3 is 10.5 Å². The Morgan fingerprint density at radius 3 is 2.57 bits per heavy atom. The summed E-state index contributed by atoms with van der Waals surface area (Å²) >= 11 is 0. The molecule has 2 aliphatic rings. The lowest BCUT2D eigenvalue weighted by atomic mass is 10.0. The van der Waals surface area contributed by atoms with Crippen LogP contribution in [0.4, 0.5) is 4.39 Å². The molecule has 1 saturated carbocycles. The van der Waals surface area contributed by atoms with Gasteiger partial charge in [-0.05, 0) is 42.4 Å². The van der Waals surface area contributed by atoms with Gasteiger partial charge in [0.15, 0.2) is 0 Å². The first-order valence-corrected chi connectivity index (χ1v) is 10.2. The molecule has 0 spiro atoms. The van der Waals surface area contributed by atoms with Gasteiger partial charge in [0.2, 0.25) is 0 Å². The van der Waals surface area contributed by atoms with Crippen molar-refractivity contribution in [3.63, 3.8) is 0 Å². The fourth-order valence-corrected chi connectivity index (χ4v) is 3.63. The van der Waals surface area contributed by atoms with Gasteiger partial charge in [0.05, 0.1) is 5.56 Å². The van der Waals surface area contributed by atoms with Gasteiger partial charge in [0, 0.05) is 27.1 Å². The highest BCUT2D eigenvalue weighted by Gasteiger charge is 2.31. The number of nitrogens with two attached hydrogens (primary N) is 1. The lowest BCUT2D eigenvalue weighted by Crippen LogP contribution is -2.25. The third kappa shape index (κ3) is 4.90. The monoisotopic (exact) mass is 386 g/mol. The van der Waals surface area contributed by atoms with Gasteiger partial charge in [-0.1, -0.05) is 44.2 Å². The van der Waals surface area contributed by atoms with Crippen molar-refractivity contribution in [2.75, 3.05) is 13.1 Å². The van der Waals surface area contributed by atoms with E-state index in [4.69, 9.17) is 10.5 Å². The number of hydrogen-bond acceptors (Lipinski definition) is 3. The van der Waals surface area contributed by atoms with E-state index in [1.807, 2.05) is 32.0 Å². The Hall–Kier alpha value is -2.40. The molecule has 2 N–H and O–H groups in total. The molecule has 5 heteroatoms. The Morgan fingerprint density at radius 2 is 1.93 bits per heavy atom. The molecule has 0 unspecified atom stereocenters. The predicted octanol–water partition coefficient (Wildman–Crippen LogP) is 4.73. The van der Waals surface area contributed by atoms with Crippen LogP contribution in [-0.4, -0.2) is 30.0 Å². The maximum Gasteiger partial charge on any atom is 0.251 e. The van der Waals surface area contributed by atoms with Gasteiger partial charge in [-0.15, -0.1) is 0 Å². The molecule has 2 aromatic rings. The number of rotatable bonds is 6. The van der Waals surface area contributed by atoms with Gasteiger partial charge in [-0.3, -0.25) is 9.69 Å². The fraction of sp³-hybridized carbons (Fsp3) is 0.435. The van der Waals surface area contributed by atoms with E-state index in [0.29, 0.717) is 11.7 Å². The zero-order valence-electron chi connectivity index (χ0n) is 16.7. The molecule has 1 aliphatic carbocycles. The number of ether oxygens (including phenoxy) is 1. The number of halogens is 1. The Balaban J connectivity index is 0.000000970. The van der Waals surface area contributed by atoms with Gasteiger partial charge in [0.1, 0.15) is 17.7 Å². The van der Waals surface area contributed by atoms with Crippen molar-refractivity contribution >= 4 is 5.91 Å². The molecule has 1 heterocycles. The van der Waals surface area contributed by atoms with E-state index in [0.717, 1.165) is 44.5 Å². The van der Waals surface area contributed by atoms with Gasteiger partial charge in [-0.2, -0.15) is 0 Å². The van der Waals surface area contributed by atoms with E-state index in [1.54, 1.807) is 6.07 Å². The average molecular weight is 387 g/mol. The van der Waals surface area contributed by atoms with E-state index < -0.39 is 11.7 Å². The number of likely N-dealkylation sites (tertiary alicyclic amines) is 1. The number of amides is 1. The summed E-state index contributed by atoms with van der Waals surface area (Å²) in [5.41, 5.74) is 7.44. The third-order valence-corrected chi connectivity index (χ3v) is 5.15. The molecule has 152 valence electrons. The number of nitrogens with zero attached hydrogens (tertiary/aromatic N) is 1. The summed E-state index contributed by atoms with van der Waals surface area (Å²) in [5.74, 6) is -0.408. The smallest absolute Gasteiger partial charge is 0.251 e. The van der Waals surface area contributed by atoms with E-state index in [2.05, 4.69) is 17.0 Å². The molecule has 0 radical (unpaired) electrons. The van der Waals surface area contributed by atoms with Crippen LogP contribution in [0.15, 0.2) is 42.5 Å². The maximum atomic E-state index is 14.2. The van der Waals surface area contributed by atoms with Crippen LogP contribution in [0.2, 0.25) is 0 Å². The second-order valence-electron chi connectivity index (χ2n) is 7.26. The lowest BCUT2D eigenvalue weighted by Gasteiger charge is -2.19. The fourth-order valence-electron chi connectivity index (χ4n) is 3.63. The van der Waals surface area contributed by atoms with Crippen LogP contribution in [0.5, 0.6) is 5.75 Å². The number of carbonyl (C=O) groups is 1. The van der Waals surface area contributed by atoms with Crippen molar-refractivity contribution in [3.8, 4) is 5.75 Å². The maximum absolute atomic E-state index is 14.2. The number of benzene rings is 2. The summed E-state index contributed by atoms with van der Waals surface area (Å²) in [5, 5.41) is 0. The summed E-state index contributed by atoms with van der Waals surface area (Å²) in [6, 6.07) is 13.3. The second-order valence-corrected chi connectivity index (χ2v) is 7.26. The van der Waals surface area contributed by atoms with E-state index in [9.17, 15) is 9.18 Å². The SMILES string of the molecule is CC.NC(=O)c1cc(C2CC2)c(O[C@H]2CCN(Cc3ccccc3)C2)cc1F.[HH]. The zero-order valence-corrected chi connectivity index (χ0v) is 16.7. The van der Waals surface area contributed by atoms with Crippen LogP contribution in [0.3, 0.4) is 0 Å². The minimum atomic E-state index is -0.731. The van der Waals surface area contributed by atoms with Crippen LogP contribution in [0, 0.1) is 5.82 Å². The van der Waals surface area contributed by atoms with E-state index >= 15 is 0 Å². The molecule has 28 heavy (non-hydrogen) atoms. The van der Waals surface area contributed by atoms with Crippen molar-refractivity contribution in [3.05, 3.63) is 65.0 Å². The zero-order chi connectivity index (χ0) is 20.1. The molecule has 1 amide bonds. The topological polar surface area (TPSA) is 55.6 Å². The standard InChI is InChI=1S/C21H23FN2O2.C2H6.H2/c22-19-11-20(17(15-6-7-15)10-18(19)21(23)25)26-16-8-9-24(13-16)12-14-4-2-1-3-5-14;1-2;/h1-5,10-11,15-16H,6-9,12-13H2,(H2,23,25);1-2H3;1H/t16-;;/m0../s1. The Labute approximate surface area is 168 Å². The quantitative estimate of drug-likeness (QED) is 0.781. The lowest BCUT2D eigenvalue weighted by molar-refractivity contribution is 0.0996. The van der Waals surface area contributed by atoms with Crippen molar-refractivity contribution in [1.82, 2.24) is 4.90 Å². The second kappa shape index (κ2) is 9.20. The van der Waals surface area contributed by atoms with Crippen LogP contribution in [0.25, 0.3) is 0 Å². The summed E-state index contributed by atoms with van der Waals surface area (Å²) in [6.45, 7) is 6.67. The number of carbonyl (C=O) groups excluding carboxylic acids is 1. The van der Waals surface area contributed by atoms with Crippen LogP contribution >= 0.6 is 0 Å². The first-order chi connectivity index (χ1) is 13.6. The van der Waals surface area contributed by atoms with E-state index in [-0.39, 0.29) is 13.1 Å². The Morgan fingerprint density at radius 1 is 1.21 bits per heavy atom. The molecule has 0 aromatic heterocycles. The number of primary amides is 1. The highest BCUT2D eigenvalue weighted by molar-refractivity contribution is 5.93. The van der Waals surface area contributed by atoms with E-state index in [1.165, 1.54) is 11.6 Å². The summed E-state index contributed by atoms with van der Waals surface area (Å²) in [7, 11) is 0. The first kappa shape index (κ1) is 20.3. The van der Waals surface area contributed by atoms with Gasteiger partial charge in [-0.25, -0.2) is 4.39 Å². The molecule has 0 bridgehead atoms. The minimum absolute atomic E-state index is 0. The largest absolute Gasteiger partial charge is 0.489 e. The van der Waals surface area contributed by atoms with Crippen LogP contribution in [-0.2, 0) is 6.54 Å². The molecule has 4 nitrogen and oxygen atoms in total. The van der Waals surface area contributed by atoms with Crippen molar-refractivity contribution < 1.29 is 15.3 Å². The molecule has 2 fully saturated rings. The Bertz CT molecular complexity index is 812. The molecule has 2 aromatic carbocycles. The number of hydrogen-bond donors (Lipinski definition) is 1. The molecular weight excluding hydrogens is 355 g/mol. The highest BCUT2D eigenvalue weighted by Crippen LogP contribution is 2.45. The molecule has 1 aliphatic heterocycles. The summed E-state index contributed by atoms with van der Waals surface area (Å²) < 4.78 is 20.4. The van der Waals surface area contributed by atoms with Crippen molar-refractivity contribution in [2.45, 2.75) is 51.7 Å². The summed E-state index contributed by atoms with van der Waals surface area (Å²) in [6.07, 6.45) is 3.04. The average Bonchev–Trinajstić information content (AvgIpc) is 3.45. The predicted molar refractivity (Wildman–Crippen MR) is 111 cm³/mol. The summed E-state index contributed by atoms with van der Waals surface area (Å²) in [4.78, 5) is 13.8.